The summed E-state index contributed by atoms with van der Waals surface area (Å²) in [5.41, 5.74) is 26.7. The molecular weight excluding hydrogens is 965 g/mol. The SMILES string of the molecule is CCCC(C)c1ccc(N(CC)c2ccc(C(C)CC)cc2C/C=C(\C)n2c3ccccc3c3cc(-c4ccccc4)ccc32)cc1-c1cc(C2CCCCC2)ccc1C.Cc1ccccc1-c1cc(-c2ccccc2)ccc1C. The summed E-state index contributed by atoms with van der Waals surface area (Å²) in [4.78, 5) is 2.57. The molecule has 2 nitrogen and oxygen atoms in total. The van der Waals surface area contributed by atoms with Gasteiger partial charge in [0.25, 0.3) is 0 Å². The van der Waals surface area contributed by atoms with E-state index in [1.165, 1.54) is 167 Å². The lowest BCUT2D eigenvalue weighted by molar-refractivity contribution is 0.443. The molecule has 1 saturated carbocycles. The average Bonchev–Trinajstić information content (AvgIpc) is 3.91. The van der Waals surface area contributed by atoms with Crippen LogP contribution < -0.4 is 4.90 Å². The van der Waals surface area contributed by atoms with E-state index in [1.807, 2.05) is 0 Å². The Morgan fingerprint density at radius 2 is 1.15 bits per heavy atom. The molecule has 1 aliphatic carbocycles. The summed E-state index contributed by atoms with van der Waals surface area (Å²) in [6, 6.07) is 74.5. The van der Waals surface area contributed by atoms with Crippen LogP contribution in [-0.4, -0.2) is 11.1 Å². The van der Waals surface area contributed by atoms with E-state index < -0.39 is 0 Å². The number of allylic oxidation sites excluding steroid dienone is 2. The molecule has 0 radical (unpaired) electrons. The molecule has 80 heavy (non-hydrogen) atoms. The Morgan fingerprint density at radius 1 is 0.525 bits per heavy atom. The number of para-hydroxylation sites is 1. The molecule has 2 unspecified atom stereocenters. The smallest absolute Gasteiger partial charge is 0.0538 e. The summed E-state index contributed by atoms with van der Waals surface area (Å²) in [6.07, 6.45) is 13.5. The Balaban J connectivity index is 0.000000301. The number of hydrogen-bond acceptors (Lipinski definition) is 1. The van der Waals surface area contributed by atoms with Crippen molar-refractivity contribution in [3.05, 3.63) is 245 Å². The molecule has 1 aromatic heterocycles. The number of hydrogen-bond donors (Lipinski definition) is 0. The van der Waals surface area contributed by atoms with Gasteiger partial charge in [0.2, 0.25) is 0 Å². The first-order valence-corrected chi connectivity index (χ1v) is 30.2. The lowest BCUT2D eigenvalue weighted by Gasteiger charge is -2.29. The molecule has 1 aliphatic rings. The number of aryl methyl sites for hydroxylation is 3. The molecule has 406 valence electrons. The van der Waals surface area contributed by atoms with Gasteiger partial charge in [-0.05, 0) is 210 Å². The van der Waals surface area contributed by atoms with Crippen LogP contribution in [0.1, 0.15) is 150 Å². The van der Waals surface area contributed by atoms with Crippen molar-refractivity contribution in [2.75, 3.05) is 11.4 Å². The monoisotopic (exact) mass is 1050 g/mol. The molecule has 11 rings (SSSR count). The summed E-state index contributed by atoms with van der Waals surface area (Å²) < 4.78 is 2.47. The first kappa shape index (κ1) is 55.6. The van der Waals surface area contributed by atoms with Crippen LogP contribution in [-0.2, 0) is 6.42 Å². The van der Waals surface area contributed by atoms with E-state index in [1.54, 1.807) is 0 Å². The van der Waals surface area contributed by atoms with Crippen LogP contribution >= 0.6 is 0 Å². The summed E-state index contributed by atoms with van der Waals surface area (Å²) in [6.45, 7) is 21.6. The van der Waals surface area contributed by atoms with Gasteiger partial charge in [-0.15, -0.1) is 0 Å². The third-order valence-corrected chi connectivity index (χ3v) is 17.7. The third kappa shape index (κ3) is 12.1. The van der Waals surface area contributed by atoms with E-state index in [4.69, 9.17) is 0 Å². The van der Waals surface area contributed by atoms with Gasteiger partial charge in [0.1, 0.15) is 0 Å². The molecule has 0 spiro atoms. The molecular formula is C78H84N2. The summed E-state index contributed by atoms with van der Waals surface area (Å²) in [5, 5.41) is 2.59. The zero-order chi connectivity index (χ0) is 55.7. The standard InChI is InChI=1S/C58H66N2.C20H18/c1-8-19-41(5)51-33-32-50(39-54(51)53-37-47(28-26-42(53)6)44-20-13-11-14-21-44)59(10-3)56-34-30-46(40(4)9-2)36-49(56)29-27-43(7)60-57-25-18-17-24-52(57)55-38-48(31-35-58(55)60)45-22-15-12-16-23-45;1-15-8-6-7-11-19(15)20-14-18(13-12-16(20)2)17-9-4-3-5-10-17/h12,15-18,22-28,30-41,44H,8-11,13-14,19-21,29H2,1-7H3;3-14H,1-2H3/b43-27+;. The fraction of sp³-hybridized carbons (Fsp3) is 0.282. The van der Waals surface area contributed by atoms with Gasteiger partial charge in [-0.25, -0.2) is 0 Å². The molecule has 2 atom stereocenters. The lowest BCUT2D eigenvalue weighted by Crippen LogP contribution is -2.18. The van der Waals surface area contributed by atoms with Crippen molar-refractivity contribution in [3.63, 3.8) is 0 Å². The summed E-state index contributed by atoms with van der Waals surface area (Å²) >= 11 is 0. The quantitative estimate of drug-likeness (QED) is 0.0936. The van der Waals surface area contributed by atoms with E-state index in [9.17, 15) is 0 Å². The van der Waals surface area contributed by atoms with Crippen molar-refractivity contribution in [2.45, 2.75) is 138 Å². The van der Waals surface area contributed by atoms with E-state index in [0.717, 1.165) is 19.4 Å². The minimum atomic E-state index is 0.496. The highest BCUT2D eigenvalue weighted by Crippen LogP contribution is 2.43. The van der Waals surface area contributed by atoms with Crippen LogP contribution in [0.4, 0.5) is 11.4 Å². The Hall–Kier alpha value is -7.68. The molecule has 1 fully saturated rings. The average molecular weight is 1050 g/mol. The molecule has 1 heterocycles. The second-order valence-electron chi connectivity index (χ2n) is 23.0. The van der Waals surface area contributed by atoms with Crippen LogP contribution in [0.25, 0.3) is 72.0 Å². The number of aromatic nitrogens is 1. The van der Waals surface area contributed by atoms with Gasteiger partial charge in [-0.1, -0.05) is 217 Å². The van der Waals surface area contributed by atoms with E-state index in [-0.39, 0.29) is 0 Å². The maximum absolute atomic E-state index is 2.57. The predicted molar refractivity (Wildman–Crippen MR) is 349 cm³/mol. The normalized spacial score (nSPS) is 13.7. The molecule has 0 amide bonds. The molecule has 0 aliphatic heterocycles. The minimum absolute atomic E-state index is 0.496. The highest BCUT2D eigenvalue weighted by molar-refractivity contribution is 6.11. The van der Waals surface area contributed by atoms with Gasteiger partial charge in [-0.2, -0.15) is 0 Å². The fourth-order valence-electron chi connectivity index (χ4n) is 12.8. The second kappa shape index (κ2) is 25.6. The number of fused-ring (bicyclic) bond motifs is 3. The minimum Gasteiger partial charge on any atom is -0.342 e. The largest absolute Gasteiger partial charge is 0.342 e. The van der Waals surface area contributed by atoms with Crippen LogP contribution in [0.3, 0.4) is 0 Å². The Bertz CT molecular complexity index is 3730. The van der Waals surface area contributed by atoms with E-state index >= 15 is 0 Å². The summed E-state index contributed by atoms with van der Waals surface area (Å²) in [7, 11) is 0. The highest BCUT2D eigenvalue weighted by atomic mass is 15.1. The molecule has 2 heteroatoms. The van der Waals surface area contributed by atoms with Crippen LogP contribution in [0.2, 0.25) is 0 Å². The van der Waals surface area contributed by atoms with Crippen LogP contribution in [0, 0.1) is 20.8 Å². The van der Waals surface area contributed by atoms with Crippen molar-refractivity contribution in [2.24, 2.45) is 0 Å². The van der Waals surface area contributed by atoms with Gasteiger partial charge in [0.15, 0.2) is 0 Å². The van der Waals surface area contributed by atoms with Gasteiger partial charge >= 0.3 is 0 Å². The lowest BCUT2D eigenvalue weighted by atomic mass is 9.81. The number of nitrogens with zero attached hydrogens (tertiary/aromatic N) is 2. The predicted octanol–water partition coefficient (Wildman–Crippen LogP) is 22.8. The Morgan fingerprint density at radius 3 is 1.85 bits per heavy atom. The highest BCUT2D eigenvalue weighted by Gasteiger charge is 2.22. The fourth-order valence-corrected chi connectivity index (χ4v) is 12.8. The van der Waals surface area contributed by atoms with Crippen LogP contribution in [0.5, 0.6) is 0 Å². The zero-order valence-corrected chi connectivity index (χ0v) is 49.3. The van der Waals surface area contributed by atoms with Crippen molar-refractivity contribution in [3.8, 4) is 44.5 Å². The van der Waals surface area contributed by atoms with Gasteiger partial charge in [-0.3, -0.25) is 0 Å². The van der Waals surface area contributed by atoms with Crippen molar-refractivity contribution < 1.29 is 0 Å². The second-order valence-corrected chi connectivity index (χ2v) is 23.0. The Labute approximate surface area is 479 Å². The molecule has 0 bridgehead atoms. The number of rotatable bonds is 16. The molecule has 9 aromatic carbocycles. The first-order chi connectivity index (χ1) is 39.0. The van der Waals surface area contributed by atoms with Crippen molar-refractivity contribution >= 4 is 38.9 Å². The summed E-state index contributed by atoms with van der Waals surface area (Å²) in [5.74, 6) is 1.68. The molecule has 0 N–H and O–H groups in total. The Kier molecular flexibility index (Phi) is 17.8. The molecule has 10 aromatic rings. The number of benzene rings is 9. The zero-order valence-electron chi connectivity index (χ0n) is 49.3. The van der Waals surface area contributed by atoms with E-state index in [0.29, 0.717) is 17.8 Å². The maximum atomic E-state index is 2.57. The third-order valence-electron chi connectivity index (χ3n) is 17.7. The van der Waals surface area contributed by atoms with E-state index in [2.05, 4.69) is 278 Å². The molecule has 0 saturated heterocycles. The maximum Gasteiger partial charge on any atom is 0.0538 e. The van der Waals surface area contributed by atoms with Crippen molar-refractivity contribution in [1.82, 2.24) is 4.57 Å². The first-order valence-electron chi connectivity index (χ1n) is 30.2. The van der Waals surface area contributed by atoms with Crippen molar-refractivity contribution in [1.29, 1.82) is 0 Å². The number of anilines is 2. The van der Waals surface area contributed by atoms with Gasteiger partial charge in [0, 0.05) is 34.4 Å². The van der Waals surface area contributed by atoms with Gasteiger partial charge in [0.05, 0.1) is 11.0 Å². The van der Waals surface area contributed by atoms with Crippen LogP contribution in [0.15, 0.2) is 206 Å². The topological polar surface area (TPSA) is 8.17 Å². The van der Waals surface area contributed by atoms with Gasteiger partial charge < -0.3 is 9.47 Å².